The zero-order chi connectivity index (χ0) is 16.7. The Labute approximate surface area is 147 Å². The average Bonchev–Trinajstić information content (AvgIpc) is 3.14. The van der Waals surface area contributed by atoms with Gasteiger partial charge in [-0.05, 0) is 48.9 Å². The molecule has 0 bridgehead atoms. The SMILES string of the molecule is CC1=NN(c2cccc(Br)c2)C(=O)C1=Cc1ccc2c(c1)OCO2. The van der Waals surface area contributed by atoms with Gasteiger partial charge in [0.2, 0.25) is 6.79 Å². The molecule has 2 aromatic carbocycles. The Kier molecular flexibility index (Phi) is 3.61. The van der Waals surface area contributed by atoms with Crippen LogP contribution in [0.2, 0.25) is 0 Å². The summed E-state index contributed by atoms with van der Waals surface area (Å²) in [6.45, 7) is 2.06. The van der Waals surface area contributed by atoms with E-state index in [4.69, 9.17) is 9.47 Å². The second-order valence-corrected chi connectivity index (χ2v) is 6.37. The molecule has 0 N–H and O–H groups in total. The molecule has 0 spiro atoms. The highest BCUT2D eigenvalue weighted by atomic mass is 79.9. The molecule has 2 aromatic rings. The van der Waals surface area contributed by atoms with Crippen molar-refractivity contribution in [1.29, 1.82) is 0 Å². The number of hydrazone groups is 1. The summed E-state index contributed by atoms with van der Waals surface area (Å²) >= 11 is 3.41. The lowest BCUT2D eigenvalue weighted by atomic mass is 10.1. The molecule has 120 valence electrons. The maximum atomic E-state index is 12.7. The monoisotopic (exact) mass is 384 g/mol. The van der Waals surface area contributed by atoms with Gasteiger partial charge in [-0.25, -0.2) is 0 Å². The van der Waals surface area contributed by atoms with Gasteiger partial charge in [0.1, 0.15) is 0 Å². The van der Waals surface area contributed by atoms with Gasteiger partial charge in [-0.3, -0.25) is 4.79 Å². The zero-order valence-electron chi connectivity index (χ0n) is 12.8. The maximum absolute atomic E-state index is 12.7. The molecule has 1 amide bonds. The number of hydrogen-bond donors (Lipinski definition) is 0. The predicted molar refractivity (Wildman–Crippen MR) is 95.3 cm³/mol. The first-order chi connectivity index (χ1) is 11.6. The highest BCUT2D eigenvalue weighted by Gasteiger charge is 2.29. The third kappa shape index (κ3) is 2.59. The molecule has 0 atom stereocenters. The molecule has 0 saturated carbocycles. The molecule has 5 nitrogen and oxygen atoms in total. The number of amides is 1. The third-order valence-electron chi connectivity index (χ3n) is 3.82. The van der Waals surface area contributed by atoms with Crippen LogP contribution in [0.3, 0.4) is 0 Å². The molecule has 2 aliphatic heterocycles. The fourth-order valence-corrected chi connectivity index (χ4v) is 3.02. The van der Waals surface area contributed by atoms with Crippen molar-refractivity contribution in [3.05, 3.63) is 58.1 Å². The number of benzene rings is 2. The van der Waals surface area contributed by atoms with E-state index in [0.717, 1.165) is 21.5 Å². The summed E-state index contributed by atoms with van der Waals surface area (Å²) in [7, 11) is 0. The van der Waals surface area contributed by atoms with Crippen LogP contribution in [0.15, 0.2) is 57.6 Å². The zero-order valence-corrected chi connectivity index (χ0v) is 14.4. The van der Waals surface area contributed by atoms with Crippen LogP contribution in [0.4, 0.5) is 5.69 Å². The molecule has 0 fully saturated rings. The Morgan fingerprint density at radius 2 is 2.00 bits per heavy atom. The maximum Gasteiger partial charge on any atom is 0.280 e. The Balaban J connectivity index is 1.67. The number of carbonyl (C=O) groups is 1. The molecule has 0 radical (unpaired) electrons. The summed E-state index contributed by atoms with van der Waals surface area (Å²) in [5.41, 5.74) is 2.84. The van der Waals surface area contributed by atoms with Gasteiger partial charge >= 0.3 is 0 Å². The van der Waals surface area contributed by atoms with E-state index in [-0.39, 0.29) is 12.7 Å². The number of carbonyl (C=O) groups excluding carboxylic acids is 1. The summed E-state index contributed by atoms with van der Waals surface area (Å²) in [4.78, 5) is 12.7. The van der Waals surface area contributed by atoms with Crippen LogP contribution in [-0.2, 0) is 4.79 Å². The van der Waals surface area contributed by atoms with Crippen LogP contribution in [0.5, 0.6) is 11.5 Å². The lowest BCUT2D eigenvalue weighted by Gasteiger charge is -2.11. The standard InChI is InChI=1S/C18H13BrN2O3/c1-11-15(7-12-5-6-16-17(8-12)24-10-23-16)18(22)21(20-11)14-4-2-3-13(19)9-14/h2-9H,10H2,1H3. The highest BCUT2D eigenvalue weighted by molar-refractivity contribution is 9.10. The van der Waals surface area contributed by atoms with Crippen LogP contribution < -0.4 is 14.5 Å². The Morgan fingerprint density at radius 1 is 1.17 bits per heavy atom. The van der Waals surface area contributed by atoms with Gasteiger partial charge in [0.25, 0.3) is 5.91 Å². The van der Waals surface area contributed by atoms with Gasteiger partial charge in [-0.1, -0.05) is 28.1 Å². The van der Waals surface area contributed by atoms with Crippen LogP contribution in [0.25, 0.3) is 6.08 Å². The average molecular weight is 385 g/mol. The van der Waals surface area contributed by atoms with Crippen LogP contribution in [0, 0.1) is 0 Å². The van der Waals surface area contributed by atoms with Crippen LogP contribution >= 0.6 is 15.9 Å². The summed E-state index contributed by atoms with van der Waals surface area (Å²) in [5.74, 6) is 1.26. The smallest absolute Gasteiger partial charge is 0.280 e. The first-order valence-electron chi connectivity index (χ1n) is 7.39. The van der Waals surface area contributed by atoms with Gasteiger partial charge in [-0.2, -0.15) is 10.1 Å². The van der Waals surface area contributed by atoms with Crippen molar-refractivity contribution in [3.63, 3.8) is 0 Å². The number of rotatable bonds is 2. The van der Waals surface area contributed by atoms with Crippen molar-refractivity contribution in [2.24, 2.45) is 5.10 Å². The molecular formula is C18H13BrN2O3. The molecule has 2 heterocycles. The fraction of sp³-hybridized carbons (Fsp3) is 0.111. The number of ether oxygens (including phenoxy) is 2. The minimum Gasteiger partial charge on any atom is -0.454 e. The predicted octanol–water partition coefficient (Wildman–Crippen LogP) is 3.98. The minimum atomic E-state index is -0.150. The van der Waals surface area contributed by atoms with E-state index in [0.29, 0.717) is 17.0 Å². The van der Waals surface area contributed by atoms with Crippen LogP contribution in [-0.4, -0.2) is 18.4 Å². The summed E-state index contributed by atoms with van der Waals surface area (Å²) < 4.78 is 11.6. The minimum absolute atomic E-state index is 0.150. The first kappa shape index (κ1) is 15.0. The second kappa shape index (κ2) is 5.79. The topological polar surface area (TPSA) is 51.1 Å². The second-order valence-electron chi connectivity index (χ2n) is 5.45. The fourth-order valence-electron chi connectivity index (χ4n) is 2.64. The van der Waals surface area contributed by atoms with Gasteiger partial charge in [0.15, 0.2) is 11.5 Å². The van der Waals surface area contributed by atoms with Gasteiger partial charge in [0.05, 0.1) is 17.0 Å². The van der Waals surface area contributed by atoms with Crippen molar-refractivity contribution < 1.29 is 14.3 Å². The van der Waals surface area contributed by atoms with Crippen molar-refractivity contribution in [2.45, 2.75) is 6.92 Å². The summed E-state index contributed by atoms with van der Waals surface area (Å²) in [6.07, 6.45) is 1.82. The third-order valence-corrected chi connectivity index (χ3v) is 4.32. The molecule has 0 aliphatic carbocycles. The van der Waals surface area contributed by atoms with E-state index in [1.807, 2.05) is 55.5 Å². The molecule has 24 heavy (non-hydrogen) atoms. The number of nitrogens with zero attached hydrogens (tertiary/aromatic N) is 2. The molecule has 6 heteroatoms. The first-order valence-corrected chi connectivity index (χ1v) is 8.18. The van der Waals surface area contributed by atoms with E-state index < -0.39 is 0 Å². The van der Waals surface area contributed by atoms with E-state index in [1.165, 1.54) is 5.01 Å². The lowest BCUT2D eigenvalue weighted by molar-refractivity contribution is -0.114. The van der Waals surface area contributed by atoms with E-state index in [2.05, 4.69) is 21.0 Å². The van der Waals surface area contributed by atoms with Crippen molar-refractivity contribution in [3.8, 4) is 11.5 Å². The van der Waals surface area contributed by atoms with E-state index in [9.17, 15) is 4.79 Å². The van der Waals surface area contributed by atoms with Crippen molar-refractivity contribution in [1.82, 2.24) is 0 Å². The van der Waals surface area contributed by atoms with Gasteiger partial charge < -0.3 is 9.47 Å². The molecule has 4 rings (SSSR count). The summed E-state index contributed by atoms with van der Waals surface area (Å²) in [5, 5.41) is 5.80. The summed E-state index contributed by atoms with van der Waals surface area (Å²) in [6, 6.07) is 13.1. The number of halogens is 1. The van der Waals surface area contributed by atoms with Crippen molar-refractivity contribution in [2.75, 3.05) is 11.8 Å². The largest absolute Gasteiger partial charge is 0.454 e. The molecule has 0 unspecified atom stereocenters. The number of hydrogen-bond acceptors (Lipinski definition) is 4. The van der Waals surface area contributed by atoms with E-state index in [1.54, 1.807) is 0 Å². The number of anilines is 1. The molecular weight excluding hydrogens is 372 g/mol. The Bertz CT molecular complexity index is 905. The Morgan fingerprint density at radius 3 is 2.83 bits per heavy atom. The van der Waals surface area contributed by atoms with Crippen LogP contribution in [0.1, 0.15) is 12.5 Å². The molecule has 0 saturated heterocycles. The van der Waals surface area contributed by atoms with Crippen molar-refractivity contribution >= 4 is 39.3 Å². The van der Waals surface area contributed by atoms with E-state index >= 15 is 0 Å². The normalized spacial score (nSPS) is 17.6. The van der Waals surface area contributed by atoms with Gasteiger partial charge in [0, 0.05) is 4.47 Å². The Hall–Kier alpha value is -2.60. The molecule has 0 aromatic heterocycles. The van der Waals surface area contributed by atoms with Gasteiger partial charge in [-0.15, -0.1) is 0 Å². The molecule has 2 aliphatic rings. The highest BCUT2D eigenvalue weighted by Crippen LogP contribution is 2.34. The number of fused-ring (bicyclic) bond motifs is 1. The lowest BCUT2D eigenvalue weighted by Crippen LogP contribution is -2.21. The quantitative estimate of drug-likeness (QED) is 0.735.